The summed E-state index contributed by atoms with van der Waals surface area (Å²) in [6.45, 7) is 2.16. The maximum atomic E-state index is 6.10. The molecule has 24 heavy (non-hydrogen) atoms. The highest BCUT2D eigenvalue weighted by atomic mass is 14.6. The molecule has 0 bridgehead atoms. The smallest absolute Gasteiger partial charge is 0.00448 e. The number of rotatable bonds is 3. The van der Waals surface area contributed by atoms with Gasteiger partial charge in [0, 0.05) is 6.04 Å². The summed E-state index contributed by atoms with van der Waals surface area (Å²) in [5.74, 6) is 1.50. The first kappa shape index (κ1) is 15.9. The molecular formula is C23H29N. The van der Waals surface area contributed by atoms with Crippen LogP contribution in [0.2, 0.25) is 0 Å². The van der Waals surface area contributed by atoms with E-state index in [-0.39, 0.29) is 0 Å². The quantitative estimate of drug-likeness (QED) is 0.852. The average Bonchev–Trinajstić information content (AvgIpc) is 3.03. The van der Waals surface area contributed by atoms with E-state index in [9.17, 15) is 0 Å². The standard InChI is InChI=1S/C23H29N/c1-16-2-4-17(5-3-16)12-18-6-7-20-14-21(9-8-19(20)13-18)22-10-11-23(24)15-22/h2-5,8-9,14,18,22-23H,6-7,10-13,15,24H2,1H3/t18-,22?,23?/m0/s1. The van der Waals surface area contributed by atoms with E-state index in [0.717, 1.165) is 5.92 Å². The van der Waals surface area contributed by atoms with Crippen molar-refractivity contribution in [3.05, 3.63) is 70.3 Å². The van der Waals surface area contributed by atoms with Gasteiger partial charge < -0.3 is 5.73 Å². The Labute approximate surface area is 146 Å². The normalized spacial score (nSPS) is 26.3. The second-order valence-corrected chi connectivity index (χ2v) is 8.10. The summed E-state index contributed by atoms with van der Waals surface area (Å²) < 4.78 is 0. The van der Waals surface area contributed by atoms with Crippen LogP contribution in [-0.2, 0) is 19.3 Å². The van der Waals surface area contributed by atoms with Crippen LogP contribution in [0.25, 0.3) is 0 Å². The molecule has 2 aromatic rings. The number of hydrogen-bond donors (Lipinski definition) is 1. The molecule has 0 aromatic heterocycles. The van der Waals surface area contributed by atoms with Crippen molar-refractivity contribution in [2.45, 2.75) is 63.8 Å². The third kappa shape index (κ3) is 3.42. The number of nitrogens with two attached hydrogens (primary N) is 1. The van der Waals surface area contributed by atoms with E-state index in [0.29, 0.717) is 12.0 Å². The Balaban J connectivity index is 1.44. The van der Waals surface area contributed by atoms with E-state index in [1.807, 2.05) is 0 Å². The van der Waals surface area contributed by atoms with Gasteiger partial charge in [0.25, 0.3) is 0 Å². The Morgan fingerprint density at radius 3 is 2.54 bits per heavy atom. The van der Waals surface area contributed by atoms with E-state index in [2.05, 4.69) is 49.4 Å². The predicted octanol–water partition coefficient (Wildman–Crippen LogP) is 4.94. The van der Waals surface area contributed by atoms with Gasteiger partial charge in [-0.2, -0.15) is 0 Å². The zero-order valence-electron chi connectivity index (χ0n) is 14.8. The third-order valence-electron chi connectivity index (χ3n) is 6.15. The molecule has 4 rings (SSSR count). The molecule has 1 saturated carbocycles. The second kappa shape index (κ2) is 6.72. The van der Waals surface area contributed by atoms with E-state index < -0.39 is 0 Å². The summed E-state index contributed by atoms with van der Waals surface area (Å²) in [6.07, 6.45) is 8.69. The lowest BCUT2D eigenvalue weighted by Gasteiger charge is -2.26. The molecule has 3 atom stereocenters. The van der Waals surface area contributed by atoms with Crippen molar-refractivity contribution in [1.29, 1.82) is 0 Å². The van der Waals surface area contributed by atoms with Gasteiger partial charge in [-0.25, -0.2) is 0 Å². The lowest BCUT2D eigenvalue weighted by molar-refractivity contribution is 0.455. The van der Waals surface area contributed by atoms with Crippen molar-refractivity contribution >= 4 is 0 Å². The van der Waals surface area contributed by atoms with Gasteiger partial charge in [0.15, 0.2) is 0 Å². The molecule has 0 radical (unpaired) electrons. The van der Waals surface area contributed by atoms with Crippen LogP contribution in [-0.4, -0.2) is 6.04 Å². The molecule has 1 nitrogen and oxygen atoms in total. The summed E-state index contributed by atoms with van der Waals surface area (Å²) in [4.78, 5) is 0. The molecule has 2 aromatic carbocycles. The minimum Gasteiger partial charge on any atom is -0.328 e. The maximum Gasteiger partial charge on any atom is 0.00448 e. The molecule has 1 fully saturated rings. The van der Waals surface area contributed by atoms with E-state index in [1.54, 1.807) is 16.7 Å². The number of aryl methyl sites for hydroxylation is 2. The average molecular weight is 319 g/mol. The first-order chi connectivity index (χ1) is 11.7. The molecule has 126 valence electrons. The van der Waals surface area contributed by atoms with E-state index >= 15 is 0 Å². The van der Waals surface area contributed by atoms with Crippen LogP contribution >= 0.6 is 0 Å². The van der Waals surface area contributed by atoms with Crippen LogP contribution in [0.15, 0.2) is 42.5 Å². The zero-order chi connectivity index (χ0) is 16.5. The van der Waals surface area contributed by atoms with Crippen LogP contribution in [0.1, 0.15) is 59.4 Å². The zero-order valence-corrected chi connectivity index (χ0v) is 14.8. The second-order valence-electron chi connectivity index (χ2n) is 8.10. The summed E-state index contributed by atoms with van der Waals surface area (Å²) in [5, 5.41) is 0. The molecule has 0 spiro atoms. The molecule has 0 amide bonds. The number of benzene rings is 2. The van der Waals surface area contributed by atoms with Gasteiger partial charge in [-0.05, 0) is 86.0 Å². The molecule has 2 aliphatic carbocycles. The van der Waals surface area contributed by atoms with Crippen molar-refractivity contribution in [3.63, 3.8) is 0 Å². The minimum atomic E-state index is 0.421. The van der Waals surface area contributed by atoms with Crippen LogP contribution in [0.5, 0.6) is 0 Å². The first-order valence-electron chi connectivity index (χ1n) is 9.60. The molecule has 0 heterocycles. The fourth-order valence-electron chi connectivity index (χ4n) is 4.66. The highest BCUT2D eigenvalue weighted by Crippen LogP contribution is 2.36. The maximum absolute atomic E-state index is 6.10. The molecule has 2 unspecified atom stereocenters. The lowest BCUT2D eigenvalue weighted by atomic mass is 9.79. The fourth-order valence-corrected chi connectivity index (χ4v) is 4.66. The van der Waals surface area contributed by atoms with Crippen molar-refractivity contribution in [2.75, 3.05) is 0 Å². The molecule has 0 aliphatic heterocycles. The van der Waals surface area contributed by atoms with Crippen LogP contribution in [0.4, 0.5) is 0 Å². The van der Waals surface area contributed by atoms with Crippen molar-refractivity contribution in [2.24, 2.45) is 11.7 Å². The Morgan fingerprint density at radius 1 is 0.958 bits per heavy atom. The lowest BCUT2D eigenvalue weighted by Crippen LogP contribution is -2.17. The fraction of sp³-hybridized carbons (Fsp3) is 0.478. The monoisotopic (exact) mass is 319 g/mol. The Bertz CT molecular complexity index is 700. The van der Waals surface area contributed by atoms with Crippen LogP contribution < -0.4 is 5.73 Å². The van der Waals surface area contributed by atoms with Gasteiger partial charge >= 0.3 is 0 Å². The predicted molar refractivity (Wildman–Crippen MR) is 101 cm³/mol. The molecule has 0 saturated heterocycles. The first-order valence-corrected chi connectivity index (χ1v) is 9.60. The van der Waals surface area contributed by atoms with Gasteiger partial charge in [-0.1, -0.05) is 48.0 Å². The van der Waals surface area contributed by atoms with Gasteiger partial charge in [0.1, 0.15) is 0 Å². The van der Waals surface area contributed by atoms with Gasteiger partial charge in [0.05, 0.1) is 0 Å². The largest absolute Gasteiger partial charge is 0.328 e. The summed E-state index contributed by atoms with van der Waals surface area (Å²) in [7, 11) is 0. The number of fused-ring (bicyclic) bond motifs is 1. The Kier molecular flexibility index (Phi) is 4.45. The highest BCUT2D eigenvalue weighted by molar-refractivity contribution is 5.36. The van der Waals surface area contributed by atoms with Crippen molar-refractivity contribution in [1.82, 2.24) is 0 Å². The molecule has 2 N–H and O–H groups in total. The minimum absolute atomic E-state index is 0.421. The van der Waals surface area contributed by atoms with E-state index in [4.69, 9.17) is 5.73 Å². The highest BCUT2D eigenvalue weighted by Gasteiger charge is 2.25. The van der Waals surface area contributed by atoms with Gasteiger partial charge in [0.2, 0.25) is 0 Å². The Hall–Kier alpha value is -1.60. The van der Waals surface area contributed by atoms with Crippen LogP contribution in [0.3, 0.4) is 0 Å². The third-order valence-corrected chi connectivity index (χ3v) is 6.15. The van der Waals surface area contributed by atoms with Crippen molar-refractivity contribution in [3.8, 4) is 0 Å². The van der Waals surface area contributed by atoms with Crippen LogP contribution in [0, 0.1) is 12.8 Å². The molecule has 2 aliphatic rings. The van der Waals surface area contributed by atoms with Crippen molar-refractivity contribution < 1.29 is 0 Å². The molecule has 1 heteroatoms. The van der Waals surface area contributed by atoms with Gasteiger partial charge in [-0.15, -0.1) is 0 Å². The molecular weight excluding hydrogens is 290 g/mol. The summed E-state index contributed by atoms with van der Waals surface area (Å²) in [6, 6.07) is 16.8. The SMILES string of the molecule is Cc1ccc(C[C@@H]2CCc3cc(C4CCC(N)C4)ccc3C2)cc1. The topological polar surface area (TPSA) is 26.0 Å². The number of hydrogen-bond acceptors (Lipinski definition) is 1. The van der Waals surface area contributed by atoms with E-state index in [1.165, 1.54) is 56.1 Å². The van der Waals surface area contributed by atoms with Gasteiger partial charge in [-0.3, -0.25) is 0 Å². The summed E-state index contributed by atoms with van der Waals surface area (Å²) in [5.41, 5.74) is 13.7. The Morgan fingerprint density at radius 2 is 1.79 bits per heavy atom. The summed E-state index contributed by atoms with van der Waals surface area (Å²) >= 11 is 0.